The van der Waals surface area contributed by atoms with Crippen LogP contribution in [0.1, 0.15) is 26.5 Å². The molecule has 0 bridgehead atoms. The molecule has 1 aromatic rings. The van der Waals surface area contributed by atoms with E-state index >= 15 is 0 Å². The Balaban J connectivity index is 1.97. The van der Waals surface area contributed by atoms with Gasteiger partial charge >= 0.3 is 6.09 Å². The van der Waals surface area contributed by atoms with Crippen LogP contribution in [0.3, 0.4) is 0 Å². The Labute approximate surface area is 124 Å². The molecule has 1 saturated heterocycles. The van der Waals surface area contributed by atoms with Crippen LogP contribution in [0.25, 0.3) is 0 Å². The van der Waals surface area contributed by atoms with Crippen LogP contribution in [0, 0.1) is 12.7 Å². The molecule has 0 unspecified atom stereocenters. The van der Waals surface area contributed by atoms with E-state index in [9.17, 15) is 9.18 Å². The zero-order valence-corrected chi connectivity index (χ0v) is 13.0. The quantitative estimate of drug-likeness (QED) is 0.799. The van der Waals surface area contributed by atoms with E-state index in [1.165, 1.54) is 12.3 Å². The SMILES string of the molecule is Cc1ncc(F)cc1N1CCN(C(=O)OC(C)(C)C)CC1. The third kappa shape index (κ3) is 4.06. The van der Waals surface area contributed by atoms with Gasteiger partial charge in [0.1, 0.15) is 11.4 Å². The lowest BCUT2D eigenvalue weighted by Gasteiger charge is -2.37. The average Bonchev–Trinajstić information content (AvgIpc) is 2.40. The zero-order valence-electron chi connectivity index (χ0n) is 13.0. The second-order valence-corrected chi connectivity index (χ2v) is 6.21. The maximum atomic E-state index is 13.3. The van der Waals surface area contributed by atoms with Crippen LogP contribution in [-0.4, -0.2) is 47.8 Å². The molecule has 5 nitrogen and oxygen atoms in total. The van der Waals surface area contributed by atoms with Crippen molar-refractivity contribution in [2.75, 3.05) is 31.1 Å². The highest BCUT2D eigenvalue weighted by atomic mass is 19.1. The number of carbonyl (C=O) groups excluding carboxylic acids is 1. The zero-order chi connectivity index (χ0) is 15.6. The first-order chi connectivity index (χ1) is 9.76. The summed E-state index contributed by atoms with van der Waals surface area (Å²) < 4.78 is 18.7. The molecule has 1 aromatic heterocycles. The molecule has 0 saturated carbocycles. The van der Waals surface area contributed by atoms with Gasteiger partial charge in [-0.2, -0.15) is 0 Å². The summed E-state index contributed by atoms with van der Waals surface area (Å²) >= 11 is 0. The largest absolute Gasteiger partial charge is 0.444 e. The maximum Gasteiger partial charge on any atom is 0.410 e. The molecule has 1 aliphatic rings. The minimum atomic E-state index is -0.489. The number of nitrogens with zero attached hydrogens (tertiary/aromatic N) is 3. The summed E-state index contributed by atoms with van der Waals surface area (Å²) in [5, 5.41) is 0. The van der Waals surface area contributed by atoms with Crippen LogP contribution in [0.2, 0.25) is 0 Å². The Hall–Kier alpha value is -1.85. The van der Waals surface area contributed by atoms with E-state index < -0.39 is 5.60 Å². The lowest BCUT2D eigenvalue weighted by atomic mass is 10.2. The van der Waals surface area contributed by atoms with Gasteiger partial charge in [0, 0.05) is 32.2 Å². The molecule has 1 aliphatic heterocycles. The summed E-state index contributed by atoms with van der Waals surface area (Å²) in [6.07, 6.45) is 0.923. The first kappa shape index (κ1) is 15.5. The minimum absolute atomic E-state index is 0.295. The fourth-order valence-corrected chi connectivity index (χ4v) is 2.27. The van der Waals surface area contributed by atoms with E-state index in [4.69, 9.17) is 4.74 Å². The van der Waals surface area contributed by atoms with Crippen molar-refractivity contribution in [3.05, 3.63) is 23.8 Å². The Morgan fingerprint density at radius 1 is 1.29 bits per heavy atom. The van der Waals surface area contributed by atoms with Crippen molar-refractivity contribution in [1.29, 1.82) is 0 Å². The van der Waals surface area contributed by atoms with Gasteiger partial charge in [-0.15, -0.1) is 0 Å². The van der Waals surface area contributed by atoms with Gasteiger partial charge in [0.15, 0.2) is 0 Å². The predicted molar refractivity (Wildman–Crippen MR) is 79.0 cm³/mol. The monoisotopic (exact) mass is 295 g/mol. The van der Waals surface area contributed by atoms with Crippen molar-refractivity contribution in [2.24, 2.45) is 0 Å². The lowest BCUT2D eigenvalue weighted by Crippen LogP contribution is -2.50. The number of rotatable bonds is 1. The molecule has 0 aliphatic carbocycles. The van der Waals surface area contributed by atoms with Crippen molar-refractivity contribution in [3.8, 4) is 0 Å². The fourth-order valence-electron chi connectivity index (χ4n) is 2.27. The van der Waals surface area contributed by atoms with Crippen LogP contribution >= 0.6 is 0 Å². The number of aromatic nitrogens is 1. The van der Waals surface area contributed by atoms with E-state index in [0.29, 0.717) is 26.2 Å². The third-order valence-electron chi connectivity index (χ3n) is 3.30. The molecule has 0 atom stereocenters. The molecule has 21 heavy (non-hydrogen) atoms. The van der Waals surface area contributed by atoms with E-state index in [-0.39, 0.29) is 11.9 Å². The number of amides is 1. The summed E-state index contributed by atoms with van der Waals surface area (Å²) in [5.74, 6) is -0.342. The predicted octanol–water partition coefficient (Wildman–Crippen LogP) is 2.59. The number of carbonyl (C=O) groups is 1. The second-order valence-electron chi connectivity index (χ2n) is 6.21. The van der Waals surface area contributed by atoms with Crippen LogP contribution in [0.5, 0.6) is 0 Å². The summed E-state index contributed by atoms with van der Waals surface area (Å²) in [6.45, 7) is 9.82. The molecule has 116 valence electrons. The molecular weight excluding hydrogens is 273 g/mol. The van der Waals surface area contributed by atoms with E-state index in [2.05, 4.69) is 4.98 Å². The molecular formula is C15H22FN3O2. The molecule has 0 radical (unpaired) electrons. The second kappa shape index (κ2) is 5.87. The topological polar surface area (TPSA) is 45.7 Å². The minimum Gasteiger partial charge on any atom is -0.444 e. The summed E-state index contributed by atoms with van der Waals surface area (Å²) in [4.78, 5) is 19.8. The number of piperazine rings is 1. The number of hydrogen-bond donors (Lipinski definition) is 0. The highest BCUT2D eigenvalue weighted by molar-refractivity contribution is 5.68. The molecule has 6 heteroatoms. The van der Waals surface area contributed by atoms with Gasteiger partial charge in [-0.1, -0.05) is 0 Å². The van der Waals surface area contributed by atoms with E-state index in [0.717, 1.165) is 11.4 Å². The first-order valence-electron chi connectivity index (χ1n) is 7.11. The van der Waals surface area contributed by atoms with Gasteiger partial charge in [0.25, 0.3) is 0 Å². The molecule has 2 heterocycles. The van der Waals surface area contributed by atoms with Crippen molar-refractivity contribution >= 4 is 11.8 Å². The number of halogens is 1. The van der Waals surface area contributed by atoms with Crippen LogP contribution in [0.15, 0.2) is 12.3 Å². The highest BCUT2D eigenvalue weighted by Gasteiger charge is 2.26. The molecule has 2 rings (SSSR count). The van der Waals surface area contributed by atoms with Crippen molar-refractivity contribution in [1.82, 2.24) is 9.88 Å². The van der Waals surface area contributed by atoms with Crippen molar-refractivity contribution < 1.29 is 13.9 Å². The van der Waals surface area contributed by atoms with Gasteiger partial charge in [0.05, 0.1) is 17.6 Å². The summed E-state index contributed by atoms with van der Waals surface area (Å²) in [5.41, 5.74) is 1.10. The van der Waals surface area contributed by atoms with Gasteiger partial charge in [-0.05, 0) is 27.7 Å². The van der Waals surface area contributed by atoms with Gasteiger partial charge in [0.2, 0.25) is 0 Å². The Morgan fingerprint density at radius 3 is 2.48 bits per heavy atom. The Bertz CT molecular complexity index is 520. The summed E-state index contributed by atoms with van der Waals surface area (Å²) in [7, 11) is 0. The number of hydrogen-bond acceptors (Lipinski definition) is 4. The summed E-state index contributed by atoms with van der Waals surface area (Å²) in [6, 6.07) is 1.49. The van der Waals surface area contributed by atoms with Gasteiger partial charge in [-0.25, -0.2) is 9.18 Å². The normalized spacial score (nSPS) is 16.0. The molecule has 1 fully saturated rings. The number of aryl methyl sites for hydroxylation is 1. The number of ether oxygens (including phenoxy) is 1. The van der Waals surface area contributed by atoms with Crippen LogP contribution in [-0.2, 0) is 4.74 Å². The van der Waals surface area contributed by atoms with Crippen LogP contribution < -0.4 is 4.90 Å². The number of pyridine rings is 1. The highest BCUT2D eigenvalue weighted by Crippen LogP contribution is 2.21. The third-order valence-corrected chi connectivity index (χ3v) is 3.30. The molecule has 1 amide bonds. The maximum absolute atomic E-state index is 13.3. The Morgan fingerprint density at radius 2 is 1.90 bits per heavy atom. The molecule has 0 N–H and O–H groups in total. The molecule has 0 spiro atoms. The lowest BCUT2D eigenvalue weighted by molar-refractivity contribution is 0.0240. The first-order valence-corrected chi connectivity index (χ1v) is 7.11. The van der Waals surface area contributed by atoms with E-state index in [1.54, 1.807) is 4.90 Å². The van der Waals surface area contributed by atoms with Gasteiger partial charge < -0.3 is 14.5 Å². The average molecular weight is 295 g/mol. The van der Waals surface area contributed by atoms with E-state index in [1.807, 2.05) is 32.6 Å². The molecule has 0 aromatic carbocycles. The van der Waals surface area contributed by atoms with Gasteiger partial charge in [-0.3, -0.25) is 4.98 Å². The van der Waals surface area contributed by atoms with Crippen LogP contribution in [0.4, 0.5) is 14.9 Å². The fraction of sp³-hybridized carbons (Fsp3) is 0.600. The Kier molecular flexibility index (Phi) is 4.34. The van der Waals surface area contributed by atoms with Crippen molar-refractivity contribution in [2.45, 2.75) is 33.3 Å². The van der Waals surface area contributed by atoms with Crippen molar-refractivity contribution in [3.63, 3.8) is 0 Å². The smallest absolute Gasteiger partial charge is 0.410 e. The number of anilines is 1. The standard InChI is InChI=1S/C15H22FN3O2/c1-11-13(9-12(16)10-17-11)18-5-7-19(8-6-18)14(20)21-15(2,3)4/h9-10H,5-8H2,1-4H3.